The number of anilines is 1. The van der Waals surface area contributed by atoms with Gasteiger partial charge in [-0.05, 0) is 53.1 Å². The second-order valence-corrected chi connectivity index (χ2v) is 5.93. The number of hydrogen-bond donors (Lipinski definition) is 1. The van der Waals surface area contributed by atoms with Crippen LogP contribution in [0.5, 0.6) is 0 Å². The topological polar surface area (TPSA) is 52.3 Å². The van der Waals surface area contributed by atoms with Gasteiger partial charge in [-0.2, -0.15) is 0 Å². The highest BCUT2D eigenvalue weighted by molar-refractivity contribution is 6.16. The number of rotatable bonds is 0. The summed E-state index contributed by atoms with van der Waals surface area (Å²) in [5.74, 6) is 7.30. The molecule has 0 unspecified atom stereocenters. The summed E-state index contributed by atoms with van der Waals surface area (Å²) in [5, 5.41) is 4.24. The van der Waals surface area contributed by atoms with E-state index in [0.717, 1.165) is 38.3 Å². The van der Waals surface area contributed by atoms with Crippen molar-refractivity contribution in [3.05, 3.63) is 78.1 Å². The molecule has 0 radical (unpaired) electrons. The summed E-state index contributed by atoms with van der Waals surface area (Å²) in [7, 11) is 0. The van der Waals surface area contributed by atoms with Crippen LogP contribution in [-0.4, -0.2) is 0 Å². The number of furan rings is 2. The molecule has 5 rings (SSSR count). The van der Waals surface area contributed by atoms with E-state index in [1.165, 1.54) is 0 Å². The third kappa shape index (κ3) is 2.24. The van der Waals surface area contributed by atoms with E-state index >= 15 is 0 Å². The van der Waals surface area contributed by atoms with Gasteiger partial charge in [0.1, 0.15) is 11.2 Å². The zero-order valence-corrected chi connectivity index (χ0v) is 13.2. The third-order valence-corrected chi connectivity index (χ3v) is 4.32. The summed E-state index contributed by atoms with van der Waals surface area (Å²) in [6.07, 6.45) is 0. The predicted octanol–water partition coefficient (Wildman–Crippen LogP) is 5.31. The van der Waals surface area contributed by atoms with E-state index in [1.54, 1.807) is 0 Å². The Balaban J connectivity index is 1.70. The van der Waals surface area contributed by atoms with E-state index in [-0.39, 0.29) is 0 Å². The third-order valence-electron chi connectivity index (χ3n) is 4.32. The molecule has 2 N–H and O–H groups in total. The highest BCUT2D eigenvalue weighted by Gasteiger charge is 2.10. The van der Waals surface area contributed by atoms with Crippen molar-refractivity contribution in [3.63, 3.8) is 0 Å². The molecule has 3 nitrogen and oxygen atoms in total. The van der Waals surface area contributed by atoms with Gasteiger partial charge < -0.3 is 14.6 Å². The SMILES string of the molecule is Nc1cc2c(ccc3c4cc(C#Cc5ccccc5)oc4ccc23)o1. The van der Waals surface area contributed by atoms with Gasteiger partial charge in [0.2, 0.25) is 0 Å². The standard InChI is InChI=1S/C22H13NO2/c23-22-13-19-17-8-10-20-18(16(17)9-11-21(19)25-22)12-15(24-20)7-6-14-4-2-1-3-5-14/h1-5,8-13H,23H2. The molecule has 0 amide bonds. The van der Waals surface area contributed by atoms with E-state index in [2.05, 4.69) is 11.8 Å². The molecule has 5 aromatic rings. The molecule has 0 saturated heterocycles. The first kappa shape index (κ1) is 13.8. The van der Waals surface area contributed by atoms with Crippen LogP contribution in [0.25, 0.3) is 32.7 Å². The maximum Gasteiger partial charge on any atom is 0.191 e. The molecule has 0 saturated carbocycles. The molecular formula is C22H13NO2. The molecule has 0 aliphatic heterocycles. The molecule has 2 aromatic heterocycles. The fraction of sp³-hybridized carbons (Fsp3) is 0. The first-order valence-electron chi connectivity index (χ1n) is 7.99. The Hall–Kier alpha value is -3.64. The summed E-state index contributed by atoms with van der Waals surface area (Å²) in [5.41, 5.74) is 8.36. The molecular weight excluding hydrogens is 310 g/mol. The lowest BCUT2D eigenvalue weighted by Gasteiger charge is -1.99. The molecule has 0 bridgehead atoms. The number of nitrogen functional groups attached to an aromatic ring is 1. The summed E-state index contributed by atoms with van der Waals surface area (Å²) in [6.45, 7) is 0. The van der Waals surface area contributed by atoms with Crippen molar-refractivity contribution >= 4 is 38.6 Å². The summed E-state index contributed by atoms with van der Waals surface area (Å²) >= 11 is 0. The van der Waals surface area contributed by atoms with E-state index in [0.29, 0.717) is 11.6 Å². The lowest BCUT2D eigenvalue weighted by atomic mass is 10.0. The molecule has 3 heteroatoms. The Morgan fingerprint density at radius 2 is 1.32 bits per heavy atom. The molecule has 118 valence electrons. The van der Waals surface area contributed by atoms with Crippen molar-refractivity contribution in [1.29, 1.82) is 0 Å². The second-order valence-electron chi connectivity index (χ2n) is 5.93. The van der Waals surface area contributed by atoms with Crippen LogP contribution in [0.3, 0.4) is 0 Å². The highest BCUT2D eigenvalue weighted by Crippen LogP contribution is 2.34. The number of hydrogen-bond acceptors (Lipinski definition) is 3. The normalized spacial score (nSPS) is 11.0. The molecule has 0 spiro atoms. The smallest absolute Gasteiger partial charge is 0.191 e. The highest BCUT2D eigenvalue weighted by atomic mass is 16.3. The lowest BCUT2D eigenvalue weighted by Crippen LogP contribution is -1.75. The van der Waals surface area contributed by atoms with Crippen molar-refractivity contribution in [2.45, 2.75) is 0 Å². The molecule has 25 heavy (non-hydrogen) atoms. The van der Waals surface area contributed by atoms with Gasteiger partial charge in [-0.3, -0.25) is 0 Å². The number of nitrogens with two attached hydrogens (primary N) is 1. The van der Waals surface area contributed by atoms with Gasteiger partial charge in [-0.25, -0.2) is 0 Å². The van der Waals surface area contributed by atoms with Crippen molar-refractivity contribution in [2.75, 3.05) is 5.73 Å². The van der Waals surface area contributed by atoms with Gasteiger partial charge in [0, 0.05) is 28.5 Å². The molecule has 0 aliphatic rings. The Morgan fingerprint density at radius 1 is 0.640 bits per heavy atom. The van der Waals surface area contributed by atoms with Crippen LogP contribution in [-0.2, 0) is 0 Å². The predicted molar refractivity (Wildman–Crippen MR) is 100 cm³/mol. The summed E-state index contributed by atoms with van der Waals surface area (Å²) in [4.78, 5) is 0. The van der Waals surface area contributed by atoms with Gasteiger partial charge in [-0.15, -0.1) is 0 Å². The van der Waals surface area contributed by atoms with Crippen molar-refractivity contribution in [2.24, 2.45) is 0 Å². The van der Waals surface area contributed by atoms with Crippen LogP contribution in [0.4, 0.5) is 5.88 Å². The second kappa shape index (κ2) is 5.19. The Kier molecular flexibility index (Phi) is 2.86. The Labute approximate surface area is 143 Å². The zero-order chi connectivity index (χ0) is 16.8. The zero-order valence-electron chi connectivity index (χ0n) is 13.2. The minimum Gasteiger partial charge on any atom is -0.448 e. The average molecular weight is 323 g/mol. The maximum atomic E-state index is 5.89. The van der Waals surface area contributed by atoms with Crippen molar-refractivity contribution < 1.29 is 8.83 Å². The Morgan fingerprint density at radius 3 is 2.08 bits per heavy atom. The fourth-order valence-corrected chi connectivity index (χ4v) is 3.18. The van der Waals surface area contributed by atoms with Crippen LogP contribution in [0.1, 0.15) is 11.3 Å². The van der Waals surface area contributed by atoms with Crippen molar-refractivity contribution in [1.82, 2.24) is 0 Å². The van der Waals surface area contributed by atoms with Crippen LogP contribution in [0.15, 0.2) is 75.6 Å². The largest absolute Gasteiger partial charge is 0.448 e. The van der Waals surface area contributed by atoms with Crippen LogP contribution < -0.4 is 5.73 Å². The fourth-order valence-electron chi connectivity index (χ4n) is 3.18. The first-order chi connectivity index (χ1) is 12.3. The lowest BCUT2D eigenvalue weighted by molar-refractivity contribution is 0.601. The molecule has 0 fully saturated rings. The minimum atomic E-state index is 0.421. The van der Waals surface area contributed by atoms with Crippen LogP contribution >= 0.6 is 0 Å². The first-order valence-corrected chi connectivity index (χ1v) is 7.99. The Bertz CT molecular complexity index is 1300. The number of fused-ring (bicyclic) bond motifs is 5. The molecule has 0 aliphatic carbocycles. The average Bonchev–Trinajstić information content (AvgIpc) is 3.22. The monoisotopic (exact) mass is 323 g/mol. The van der Waals surface area contributed by atoms with Crippen LogP contribution in [0, 0.1) is 11.8 Å². The van der Waals surface area contributed by atoms with E-state index in [1.807, 2.05) is 66.7 Å². The van der Waals surface area contributed by atoms with Crippen molar-refractivity contribution in [3.8, 4) is 11.8 Å². The van der Waals surface area contributed by atoms with E-state index < -0.39 is 0 Å². The molecule has 0 atom stereocenters. The van der Waals surface area contributed by atoms with E-state index in [4.69, 9.17) is 14.6 Å². The van der Waals surface area contributed by atoms with E-state index in [9.17, 15) is 0 Å². The van der Waals surface area contributed by atoms with Gasteiger partial charge in [-0.1, -0.05) is 24.1 Å². The minimum absolute atomic E-state index is 0.421. The van der Waals surface area contributed by atoms with Gasteiger partial charge >= 0.3 is 0 Å². The van der Waals surface area contributed by atoms with Gasteiger partial charge in [0.05, 0.1) is 0 Å². The summed E-state index contributed by atoms with van der Waals surface area (Å²) in [6, 6.07) is 21.7. The summed E-state index contributed by atoms with van der Waals surface area (Å²) < 4.78 is 11.4. The van der Waals surface area contributed by atoms with Crippen LogP contribution in [0.2, 0.25) is 0 Å². The quantitative estimate of drug-likeness (QED) is 0.393. The molecule has 3 aromatic carbocycles. The molecule has 2 heterocycles. The van der Waals surface area contributed by atoms with Gasteiger partial charge in [0.15, 0.2) is 11.6 Å². The van der Waals surface area contributed by atoms with Gasteiger partial charge in [0.25, 0.3) is 0 Å². The number of benzene rings is 3. The maximum absolute atomic E-state index is 5.89.